The zero-order valence-electron chi connectivity index (χ0n) is 10.1. The molecule has 0 spiro atoms. The molecular formula is C11H20N2O3. The van der Waals surface area contributed by atoms with E-state index < -0.39 is 5.97 Å². The van der Waals surface area contributed by atoms with Gasteiger partial charge >= 0.3 is 5.97 Å². The molecule has 0 aromatic heterocycles. The van der Waals surface area contributed by atoms with Gasteiger partial charge in [-0.3, -0.25) is 14.5 Å². The number of nitrogens with one attached hydrogen (secondary N) is 1. The Morgan fingerprint density at radius 3 is 2.44 bits per heavy atom. The molecule has 0 fully saturated rings. The number of hydrogen-bond acceptors (Lipinski definition) is 3. The molecule has 5 nitrogen and oxygen atoms in total. The summed E-state index contributed by atoms with van der Waals surface area (Å²) in [6.45, 7) is 7.62. The number of nitrogens with zero attached hydrogens (tertiary/aromatic N) is 1. The van der Waals surface area contributed by atoms with Crippen LogP contribution >= 0.6 is 0 Å². The predicted molar refractivity (Wildman–Crippen MR) is 62.2 cm³/mol. The lowest BCUT2D eigenvalue weighted by atomic mass is 10.2. The fourth-order valence-electron chi connectivity index (χ4n) is 1.26. The first-order valence-corrected chi connectivity index (χ1v) is 5.23. The molecule has 2 N–H and O–H groups in total. The molecule has 0 aliphatic rings. The van der Waals surface area contributed by atoms with Crippen LogP contribution in [0.2, 0.25) is 0 Å². The highest BCUT2D eigenvalue weighted by molar-refractivity contribution is 5.92. The lowest BCUT2D eigenvalue weighted by Gasteiger charge is -2.22. The van der Waals surface area contributed by atoms with Crippen LogP contribution in [0.25, 0.3) is 0 Å². The molecule has 0 aliphatic heterocycles. The Morgan fingerprint density at radius 2 is 2.06 bits per heavy atom. The Bertz CT molecular complexity index is 276. The van der Waals surface area contributed by atoms with E-state index in [-0.39, 0.29) is 18.5 Å². The highest BCUT2D eigenvalue weighted by Gasteiger charge is 2.14. The maximum atomic E-state index is 11.4. The van der Waals surface area contributed by atoms with Crippen molar-refractivity contribution in [2.24, 2.45) is 0 Å². The zero-order chi connectivity index (χ0) is 12.7. The van der Waals surface area contributed by atoms with Crippen LogP contribution in [-0.2, 0) is 9.59 Å². The standard InChI is InChI=1S/C11H20N2O3/c1-5-9(12-11(16)8(2)3)6-13(4)7-10(14)15/h9H,2,5-7H2,1,3-4H3,(H,12,16)(H,14,15). The van der Waals surface area contributed by atoms with E-state index in [1.807, 2.05) is 6.92 Å². The van der Waals surface area contributed by atoms with Gasteiger partial charge in [0.25, 0.3) is 0 Å². The number of aliphatic carboxylic acids is 1. The van der Waals surface area contributed by atoms with E-state index >= 15 is 0 Å². The summed E-state index contributed by atoms with van der Waals surface area (Å²) in [5, 5.41) is 11.4. The average molecular weight is 228 g/mol. The smallest absolute Gasteiger partial charge is 0.317 e. The minimum atomic E-state index is -0.872. The number of carboxylic acid groups (broad SMARTS) is 1. The van der Waals surface area contributed by atoms with Crippen LogP contribution in [0.15, 0.2) is 12.2 Å². The minimum Gasteiger partial charge on any atom is -0.480 e. The number of rotatable bonds is 7. The van der Waals surface area contributed by atoms with Gasteiger partial charge in [0.1, 0.15) is 0 Å². The zero-order valence-corrected chi connectivity index (χ0v) is 10.1. The van der Waals surface area contributed by atoms with Crippen LogP contribution in [0.4, 0.5) is 0 Å². The van der Waals surface area contributed by atoms with E-state index in [2.05, 4.69) is 11.9 Å². The van der Waals surface area contributed by atoms with E-state index in [0.29, 0.717) is 12.1 Å². The average Bonchev–Trinajstić information content (AvgIpc) is 2.14. The maximum absolute atomic E-state index is 11.4. The number of carbonyl (C=O) groups is 2. The molecule has 0 radical (unpaired) electrons. The van der Waals surface area contributed by atoms with E-state index in [1.54, 1.807) is 18.9 Å². The van der Waals surface area contributed by atoms with Crippen molar-refractivity contribution in [1.29, 1.82) is 0 Å². The van der Waals surface area contributed by atoms with Crippen LogP contribution in [0.1, 0.15) is 20.3 Å². The summed E-state index contributed by atoms with van der Waals surface area (Å²) in [6, 6.07) is -0.0476. The second-order valence-electron chi connectivity index (χ2n) is 3.95. The topological polar surface area (TPSA) is 69.6 Å². The third-order valence-corrected chi connectivity index (χ3v) is 2.15. The summed E-state index contributed by atoms with van der Waals surface area (Å²) in [5.41, 5.74) is 0.458. The van der Waals surface area contributed by atoms with Crippen molar-refractivity contribution >= 4 is 11.9 Å². The first-order chi connectivity index (χ1) is 7.36. The Kier molecular flexibility index (Phi) is 6.41. The molecule has 1 unspecified atom stereocenters. The second-order valence-corrected chi connectivity index (χ2v) is 3.95. The lowest BCUT2D eigenvalue weighted by Crippen LogP contribution is -2.43. The Balaban J connectivity index is 4.14. The van der Waals surface area contributed by atoms with Crippen LogP contribution in [0.3, 0.4) is 0 Å². The van der Waals surface area contributed by atoms with Crippen molar-refractivity contribution < 1.29 is 14.7 Å². The molecule has 5 heteroatoms. The van der Waals surface area contributed by atoms with Crippen LogP contribution in [0, 0.1) is 0 Å². The van der Waals surface area contributed by atoms with Crippen LogP contribution in [-0.4, -0.2) is 48.1 Å². The Labute approximate surface area is 96.1 Å². The number of carbonyl (C=O) groups excluding carboxylic acids is 1. The monoisotopic (exact) mass is 228 g/mol. The molecule has 0 bridgehead atoms. The van der Waals surface area contributed by atoms with Gasteiger partial charge in [0.05, 0.1) is 6.54 Å². The first kappa shape index (κ1) is 14.6. The molecule has 0 heterocycles. The van der Waals surface area contributed by atoms with Gasteiger partial charge in [0.15, 0.2) is 0 Å². The van der Waals surface area contributed by atoms with Gasteiger partial charge in [-0.25, -0.2) is 0 Å². The highest BCUT2D eigenvalue weighted by atomic mass is 16.4. The molecule has 0 aliphatic carbocycles. The minimum absolute atomic E-state index is 0.0283. The molecule has 0 saturated heterocycles. The summed E-state index contributed by atoms with van der Waals surface area (Å²) in [5.74, 6) is -1.06. The molecule has 0 rings (SSSR count). The van der Waals surface area contributed by atoms with E-state index in [1.165, 1.54) is 0 Å². The molecule has 0 saturated carbocycles. The molecule has 0 aromatic rings. The van der Waals surface area contributed by atoms with Gasteiger partial charge in [-0.05, 0) is 20.4 Å². The highest BCUT2D eigenvalue weighted by Crippen LogP contribution is 1.97. The number of carboxylic acids is 1. The second kappa shape index (κ2) is 7.00. The predicted octanol–water partition coefficient (Wildman–Crippen LogP) is 0.474. The third kappa shape index (κ3) is 6.19. The van der Waals surface area contributed by atoms with E-state index in [4.69, 9.17) is 5.11 Å². The summed E-state index contributed by atoms with van der Waals surface area (Å²) in [7, 11) is 1.71. The van der Waals surface area contributed by atoms with Crippen molar-refractivity contribution in [2.75, 3.05) is 20.1 Å². The van der Waals surface area contributed by atoms with Crippen molar-refractivity contribution in [2.45, 2.75) is 26.3 Å². The molecule has 1 amide bonds. The van der Waals surface area contributed by atoms with Crippen LogP contribution in [0.5, 0.6) is 0 Å². The molecule has 16 heavy (non-hydrogen) atoms. The summed E-state index contributed by atoms with van der Waals surface area (Å²) in [6.07, 6.45) is 0.753. The third-order valence-electron chi connectivity index (χ3n) is 2.15. The van der Waals surface area contributed by atoms with Gasteiger partial charge in [0.2, 0.25) is 5.91 Å². The number of likely N-dealkylation sites (N-methyl/N-ethyl adjacent to an activating group) is 1. The summed E-state index contributed by atoms with van der Waals surface area (Å²) < 4.78 is 0. The van der Waals surface area contributed by atoms with Crippen molar-refractivity contribution in [3.05, 3.63) is 12.2 Å². The van der Waals surface area contributed by atoms with E-state index in [0.717, 1.165) is 6.42 Å². The largest absolute Gasteiger partial charge is 0.480 e. The Hall–Kier alpha value is -1.36. The van der Waals surface area contributed by atoms with Crippen molar-refractivity contribution in [3.8, 4) is 0 Å². The van der Waals surface area contributed by atoms with E-state index in [9.17, 15) is 9.59 Å². The fourth-order valence-corrected chi connectivity index (χ4v) is 1.26. The normalized spacial score (nSPS) is 12.2. The quantitative estimate of drug-likeness (QED) is 0.622. The Morgan fingerprint density at radius 1 is 1.50 bits per heavy atom. The van der Waals surface area contributed by atoms with Crippen molar-refractivity contribution in [3.63, 3.8) is 0 Å². The van der Waals surface area contributed by atoms with Crippen molar-refractivity contribution in [1.82, 2.24) is 10.2 Å². The number of amides is 1. The molecule has 0 aromatic carbocycles. The maximum Gasteiger partial charge on any atom is 0.317 e. The van der Waals surface area contributed by atoms with Crippen LogP contribution < -0.4 is 5.32 Å². The fraction of sp³-hybridized carbons (Fsp3) is 0.636. The first-order valence-electron chi connectivity index (χ1n) is 5.23. The number of hydrogen-bond donors (Lipinski definition) is 2. The van der Waals surface area contributed by atoms with Gasteiger partial charge in [0, 0.05) is 18.2 Å². The lowest BCUT2D eigenvalue weighted by molar-refractivity contribution is -0.138. The van der Waals surface area contributed by atoms with Gasteiger partial charge in [-0.2, -0.15) is 0 Å². The SMILES string of the molecule is C=C(C)C(=O)NC(CC)CN(C)CC(=O)O. The summed E-state index contributed by atoms with van der Waals surface area (Å²) in [4.78, 5) is 23.5. The van der Waals surface area contributed by atoms with Gasteiger partial charge in [-0.15, -0.1) is 0 Å². The van der Waals surface area contributed by atoms with Gasteiger partial charge in [-0.1, -0.05) is 13.5 Å². The summed E-state index contributed by atoms with van der Waals surface area (Å²) >= 11 is 0. The molecule has 92 valence electrons. The van der Waals surface area contributed by atoms with Gasteiger partial charge < -0.3 is 10.4 Å². The molecular weight excluding hydrogens is 208 g/mol. The molecule has 1 atom stereocenters.